The number of hydrogen-bond donors (Lipinski definition) is 2. The van der Waals surface area contributed by atoms with E-state index in [0.717, 1.165) is 25.7 Å². The predicted octanol–water partition coefficient (Wildman–Crippen LogP) is 1.74. The third kappa shape index (κ3) is 14.8. The first-order valence-electron chi connectivity index (χ1n) is 13.4. The van der Waals surface area contributed by atoms with Gasteiger partial charge in [0.1, 0.15) is 11.2 Å². The van der Waals surface area contributed by atoms with E-state index >= 15 is 0 Å². The normalized spacial score (nSPS) is 25.9. The Hall–Kier alpha value is -0.421. The van der Waals surface area contributed by atoms with Gasteiger partial charge in [-0.1, -0.05) is 26.7 Å². The van der Waals surface area contributed by atoms with Crippen LogP contribution in [0, 0.1) is 11.8 Å². The number of aliphatic carboxylic acids is 2. The number of ether oxygens (including phenoxy) is 2. The Kier molecular flexibility index (Phi) is 19.4. The molecule has 2 aliphatic rings. The number of carboxylic acids is 2. The first kappa shape index (κ1) is 34.6. The van der Waals surface area contributed by atoms with Gasteiger partial charge >= 0.3 is 69.5 Å². The monoisotopic (exact) mass is 608 g/mol. The topological polar surface area (TPSA) is 139 Å². The third-order valence-corrected chi connectivity index (χ3v) is 10.2. The second kappa shape index (κ2) is 19.7. The Balaban J connectivity index is 0.000000506. The fourth-order valence-electron chi connectivity index (χ4n) is 3.20. The molecule has 0 bridgehead atoms. The van der Waals surface area contributed by atoms with Crippen LogP contribution in [-0.4, -0.2) is 80.9 Å². The van der Waals surface area contributed by atoms with Crippen LogP contribution in [0.15, 0.2) is 0 Å². The van der Waals surface area contributed by atoms with Crippen LogP contribution in [0.2, 0.25) is 8.87 Å². The predicted molar refractivity (Wildman–Crippen MR) is 133 cm³/mol. The van der Waals surface area contributed by atoms with Crippen LogP contribution in [0.4, 0.5) is 0 Å². The number of carboxylic acid groups (broad SMARTS) is 2. The van der Waals surface area contributed by atoms with Gasteiger partial charge in [0.2, 0.25) is 0 Å². The van der Waals surface area contributed by atoms with Crippen molar-refractivity contribution in [3.63, 3.8) is 0 Å². The average molecular weight is 607 g/mol. The van der Waals surface area contributed by atoms with E-state index in [-0.39, 0.29) is 45.8 Å². The van der Waals surface area contributed by atoms with Crippen molar-refractivity contribution < 1.29 is 39.5 Å². The van der Waals surface area contributed by atoms with Crippen LogP contribution in [0.3, 0.4) is 0 Å². The van der Waals surface area contributed by atoms with E-state index in [4.69, 9.17) is 9.47 Å². The van der Waals surface area contributed by atoms with Crippen LogP contribution >= 0.6 is 0 Å². The van der Waals surface area contributed by atoms with Crippen molar-refractivity contribution >= 4 is 33.1 Å². The molecule has 4 unspecified atom stereocenters. The Morgan fingerprint density at radius 1 is 0.743 bits per heavy atom. The molecular formula is C26H48O8Sn. The molecule has 0 saturated heterocycles. The van der Waals surface area contributed by atoms with Crippen LogP contribution in [0.5, 0.6) is 0 Å². The molecule has 204 valence electrons. The van der Waals surface area contributed by atoms with Gasteiger partial charge in [-0.2, -0.15) is 0 Å². The molecular weight excluding hydrogens is 559 g/mol. The van der Waals surface area contributed by atoms with Gasteiger partial charge in [0.25, 0.3) is 0 Å². The molecule has 9 heteroatoms. The Bertz CT molecular complexity index is 528. The van der Waals surface area contributed by atoms with Gasteiger partial charge in [-0.3, -0.25) is 0 Å². The summed E-state index contributed by atoms with van der Waals surface area (Å²) < 4.78 is 13.6. The molecule has 0 aromatic rings. The third-order valence-electron chi connectivity index (χ3n) is 6.19. The Morgan fingerprint density at radius 2 is 1.09 bits per heavy atom. The molecule has 0 amide bonds. The quantitative estimate of drug-likeness (QED) is 0.178. The Morgan fingerprint density at radius 3 is 1.34 bits per heavy atom. The van der Waals surface area contributed by atoms with Crippen molar-refractivity contribution in [1.82, 2.24) is 0 Å². The van der Waals surface area contributed by atoms with Gasteiger partial charge in [-0.15, -0.1) is 0 Å². The molecule has 2 rings (SSSR count). The molecule has 0 aliphatic heterocycles. The summed E-state index contributed by atoms with van der Waals surface area (Å²) in [6, 6.07) is 0. The molecule has 2 aliphatic carbocycles. The molecule has 4 atom stereocenters. The van der Waals surface area contributed by atoms with Crippen LogP contribution < -0.4 is 10.2 Å². The molecule has 2 N–H and O–H groups in total. The number of rotatable bonds is 18. The zero-order chi connectivity index (χ0) is 26.7. The van der Waals surface area contributed by atoms with Gasteiger partial charge in [-0.25, -0.2) is 0 Å². The van der Waals surface area contributed by atoms with Crippen LogP contribution in [0.25, 0.3) is 0 Å². The summed E-state index contributed by atoms with van der Waals surface area (Å²) in [4.78, 5) is 20.7. The molecule has 0 aromatic heterocycles. The summed E-state index contributed by atoms with van der Waals surface area (Å²) in [5, 5.41) is 39.3. The van der Waals surface area contributed by atoms with Crippen molar-refractivity contribution in [3.8, 4) is 0 Å². The Labute approximate surface area is 222 Å². The fraction of sp³-hybridized carbons (Fsp3) is 0.923. The fourth-order valence-corrected chi connectivity index (χ4v) is 7.36. The number of carbonyl (C=O) groups is 2. The SMILES string of the molecule is CCCCOCC1CC1(O)C(=O)[O-].CCCCOCC1CC1(O)C(=O)[O-].CCC[CH2][Sn+2][CH2]CCC. The maximum absolute atomic E-state index is 10.4. The van der Waals surface area contributed by atoms with E-state index in [0.29, 0.717) is 26.4 Å². The van der Waals surface area contributed by atoms with Gasteiger partial charge in [0, 0.05) is 25.0 Å². The number of hydrogen-bond acceptors (Lipinski definition) is 8. The molecule has 2 saturated carbocycles. The standard InChI is InChI=1S/2C9H16O4.2C4H9.Sn/c2*1-2-3-4-13-6-7-5-9(7,12)8(10)11;2*1-3-4-2;/h2*7,12H,2-6H2,1H3,(H,10,11);2*1,3-4H2,2H3;/q;;;;+2/p-2. The van der Waals surface area contributed by atoms with Crippen molar-refractivity contribution in [2.45, 2.75) is 112 Å². The maximum atomic E-state index is 10.4. The first-order valence-corrected chi connectivity index (χ1v) is 17.4. The van der Waals surface area contributed by atoms with Gasteiger partial charge in [-0.05, 0) is 25.7 Å². The number of unbranched alkanes of at least 4 members (excludes halogenated alkanes) is 4. The molecule has 35 heavy (non-hydrogen) atoms. The second-order valence-corrected chi connectivity index (χ2v) is 13.8. The van der Waals surface area contributed by atoms with E-state index < -0.39 is 23.1 Å². The van der Waals surface area contributed by atoms with Crippen molar-refractivity contribution in [2.75, 3.05) is 26.4 Å². The zero-order valence-corrected chi connectivity index (χ0v) is 25.2. The van der Waals surface area contributed by atoms with E-state index in [1.165, 1.54) is 25.7 Å². The van der Waals surface area contributed by atoms with Crippen LogP contribution in [0.1, 0.15) is 91.9 Å². The van der Waals surface area contributed by atoms with E-state index in [1.807, 2.05) is 0 Å². The molecule has 0 radical (unpaired) electrons. The van der Waals surface area contributed by atoms with Crippen LogP contribution in [-0.2, 0) is 19.1 Å². The summed E-state index contributed by atoms with van der Waals surface area (Å²) in [6.07, 6.45) is 10.4. The molecule has 0 aromatic carbocycles. The minimum absolute atomic E-state index is 0.149. The zero-order valence-electron chi connectivity index (χ0n) is 22.3. The van der Waals surface area contributed by atoms with Gasteiger partial charge < -0.3 is 39.5 Å². The average Bonchev–Trinajstić information content (AvgIpc) is 3.70. The van der Waals surface area contributed by atoms with Gasteiger partial charge in [0.15, 0.2) is 0 Å². The van der Waals surface area contributed by atoms with E-state index in [1.54, 1.807) is 8.87 Å². The number of aliphatic hydroxyl groups is 2. The molecule has 0 spiro atoms. The summed E-state index contributed by atoms with van der Waals surface area (Å²) >= 11 is 0.149. The summed E-state index contributed by atoms with van der Waals surface area (Å²) in [5.74, 6) is -3.29. The van der Waals surface area contributed by atoms with Crippen molar-refractivity contribution in [3.05, 3.63) is 0 Å². The van der Waals surface area contributed by atoms with E-state index in [9.17, 15) is 30.0 Å². The van der Waals surface area contributed by atoms with Crippen molar-refractivity contribution in [1.29, 1.82) is 0 Å². The first-order chi connectivity index (χ1) is 16.6. The summed E-state index contributed by atoms with van der Waals surface area (Å²) in [7, 11) is 0. The van der Waals surface area contributed by atoms with Gasteiger partial charge in [0.05, 0.1) is 25.2 Å². The van der Waals surface area contributed by atoms with E-state index in [2.05, 4.69) is 27.7 Å². The molecule has 0 heterocycles. The molecule has 8 nitrogen and oxygen atoms in total. The van der Waals surface area contributed by atoms with Crippen molar-refractivity contribution in [2.24, 2.45) is 11.8 Å². The number of carbonyl (C=O) groups excluding carboxylic acids is 2. The minimum atomic E-state index is -1.60. The summed E-state index contributed by atoms with van der Waals surface area (Å²) in [6.45, 7) is 10.6. The summed E-state index contributed by atoms with van der Waals surface area (Å²) in [5.41, 5.74) is -3.21. The molecule has 2 fully saturated rings. The second-order valence-electron chi connectivity index (χ2n) is 9.54.